The molecule has 1 unspecified atom stereocenters. The summed E-state index contributed by atoms with van der Waals surface area (Å²) in [6.07, 6.45) is 0.858. The summed E-state index contributed by atoms with van der Waals surface area (Å²) in [6.45, 7) is 3.97. The summed E-state index contributed by atoms with van der Waals surface area (Å²) in [5.74, 6) is 0.185. The standard InChI is InChI=1S/C13H20N2O2S/c1-12(13-6-3-2-4-7-13)15-10-5-8-14-9-11-18(15,16)17/h2-4,6-7,12,14H,5,8-11H2,1H3. The number of nitrogens with zero attached hydrogens (tertiary/aromatic N) is 1. The molecule has 0 aliphatic carbocycles. The molecule has 4 nitrogen and oxygen atoms in total. The van der Waals surface area contributed by atoms with Gasteiger partial charge in [-0.3, -0.25) is 0 Å². The van der Waals surface area contributed by atoms with Crippen molar-refractivity contribution in [3.05, 3.63) is 35.9 Å². The van der Waals surface area contributed by atoms with Crippen molar-refractivity contribution >= 4 is 10.0 Å². The third kappa shape index (κ3) is 3.10. The zero-order valence-corrected chi connectivity index (χ0v) is 11.5. The van der Waals surface area contributed by atoms with Crippen molar-refractivity contribution in [2.24, 2.45) is 0 Å². The predicted octanol–water partition coefficient (Wildman–Crippen LogP) is 1.37. The molecule has 0 amide bonds. The largest absolute Gasteiger partial charge is 0.316 e. The van der Waals surface area contributed by atoms with Crippen molar-refractivity contribution in [2.75, 3.05) is 25.4 Å². The number of hydrogen-bond acceptors (Lipinski definition) is 3. The van der Waals surface area contributed by atoms with E-state index in [1.54, 1.807) is 4.31 Å². The molecule has 0 aromatic heterocycles. The van der Waals surface area contributed by atoms with E-state index in [1.807, 2.05) is 37.3 Å². The fourth-order valence-corrected chi connectivity index (χ4v) is 3.92. The molecular weight excluding hydrogens is 248 g/mol. The summed E-state index contributed by atoms with van der Waals surface area (Å²) >= 11 is 0. The molecule has 1 heterocycles. The third-order valence-electron chi connectivity index (χ3n) is 3.34. The average Bonchev–Trinajstić information content (AvgIpc) is 2.35. The van der Waals surface area contributed by atoms with Gasteiger partial charge in [-0.05, 0) is 25.5 Å². The van der Waals surface area contributed by atoms with Gasteiger partial charge in [-0.25, -0.2) is 8.42 Å². The minimum Gasteiger partial charge on any atom is -0.316 e. The predicted molar refractivity (Wildman–Crippen MR) is 72.8 cm³/mol. The van der Waals surface area contributed by atoms with Crippen molar-refractivity contribution in [1.29, 1.82) is 0 Å². The Morgan fingerprint density at radius 3 is 2.67 bits per heavy atom. The van der Waals surface area contributed by atoms with E-state index in [0.29, 0.717) is 13.1 Å². The Bertz CT molecular complexity index is 473. The van der Waals surface area contributed by atoms with Gasteiger partial charge < -0.3 is 5.32 Å². The zero-order valence-electron chi connectivity index (χ0n) is 10.7. The first-order valence-corrected chi connectivity index (χ1v) is 7.97. The second kappa shape index (κ2) is 5.82. The maximum absolute atomic E-state index is 12.3. The summed E-state index contributed by atoms with van der Waals surface area (Å²) in [5, 5.41) is 3.14. The van der Waals surface area contributed by atoms with Gasteiger partial charge in [0, 0.05) is 19.1 Å². The second-order valence-corrected chi connectivity index (χ2v) is 6.66. The highest BCUT2D eigenvalue weighted by Crippen LogP contribution is 2.23. The molecule has 1 aliphatic heterocycles. The fourth-order valence-electron chi connectivity index (χ4n) is 2.27. The van der Waals surface area contributed by atoms with Gasteiger partial charge >= 0.3 is 0 Å². The Morgan fingerprint density at radius 2 is 1.94 bits per heavy atom. The molecule has 1 saturated heterocycles. The highest BCUT2D eigenvalue weighted by atomic mass is 32.2. The van der Waals surface area contributed by atoms with E-state index in [9.17, 15) is 8.42 Å². The highest BCUT2D eigenvalue weighted by Gasteiger charge is 2.28. The normalized spacial score (nSPS) is 22.9. The van der Waals surface area contributed by atoms with Crippen LogP contribution in [0.25, 0.3) is 0 Å². The summed E-state index contributed by atoms with van der Waals surface area (Å²) in [4.78, 5) is 0. The van der Waals surface area contributed by atoms with E-state index in [0.717, 1.165) is 18.5 Å². The lowest BCUT2D eigenvalue weighted by molar-refractivity contribution is 0.330. The Balaban J connectivity index is 2.23. The Morgan fingerprint density at radius 1 is 1.22 bits per heavy atom. The first kappa shape index (κ1) is 13.5. The van der Waals surface area contributed by atoms with E-state index >= 15 is 0 Å². The van der Waals surface area contributed by atoms with E-state index in [4.69, 9.17) is 0 Å². The molecule has 1 aromatic rings. The number of sulfonamides is 1. The lowest BCUT2D eigenvalue weighted by Crippen LogP contribution is -2.42. The van der Waals surface area contributed by atoms with Crippen LogP contribution in [0.15, 0.2) is 30.3 Å². The van der Waals surface area contributed by atoms with Crippen molar-refractivity contribution < 1.29 is 8.42 Å². The van der Waals surface area contributed by atoms with E-state index in [2.05, 4.69) is 5.32 Å². The molecule has 0 radical (unpaired) electrons. The van der Waals surface area contributed by atoms with Crippen LogP contribution in [0.4, 0.5) is 0 Å². The maximum atomic E-state index is 12.3. The molecule has 0 bridgehead atoms. The molecule has 5 heteroatoms. The summed E-state index contributed by atoms with van der Waals surface area (Å²) in [7, 11) is -3.16. The minimum absolute atomic E-state index is 0.0886. The molecule has 1 atom stereocenters. The van der Waals surface area contributed by atoms with Gasteiger partial charge in [-0.1, -0.05) is 30.3 Å². The lowest BCUT2D eigenvalue weighted by Gasteiger charge is -2.30. The Kier molecular flexibility index (Phi) is 4.37. The van der Waals surface area contributed by atoms with Crippen molar-refractivity contribution in [3.8, 4) is 0 Å². The van der Waals surface area contributed by atoms with E-state index in [1.165, 1.54) is 0 Å². The van der Waals surface area contributed by atoms with Crippen LogP contribution in [0.3, 0.4) is 0 Å². The van der Waals surface area contributed by atoms with Crippen molar-refractivity contribution in [2.45, 2.75) is 19.4 Å². The van der Waals surface area contributed by atoms with Crippen molar-refractivity contribution in [3.63, 3.8) is 0 Å². The monoisotopic (exact) mass is 268 g/mol. The summed E-state index contributed by atoms with van der Waals surface area (Å²) < 4.78 is 26.2. The molecule has 1 aromatic carbocycles. The third-order valence-corrected chi connectivity index (χ3v) is 5.27. The van der Waals surface area contributed by atoms with Gasteiger partial charge in [0.05, 0.1) is 5.75 Å². The van der Waals surface area contributed by atoms with Crippen LogP contribution in [0, 0.1) is 0 Å². The number of nitrogens with one attached hydrogen (secondary N) is 1. The Hall–Kier alpha value is -0.910. The second-order valence-electron chi connectivity index (χ2n) is 4.62. The van der Waals surface area contributed by atoms with Gasteiger partial charge in [-0.2, -0.15) is 4.31 Å². The minimum atomic E-state index is -3.16. The van der Waals surface area contributed by atoms with Crippen LogP contribution in [0.5, 0.6) is 0 Å². The van der Waals surface area contributed by atoms with Gasteiger partial charge in [-0.15, -0.1) is 0 Å². The van der Waals surface area contributed by atoms with Crippen LogP contribution in [-0.4, -0.2) is 38.1 Å². The summed E-state index contributed by atoms with van der Waals surface area (Å²) in [5.41, 5.74) is 1.05. The van der Waals surface area contributed by atoms with Crippen LogP contribution < -0.4 is 5.32 Å². The summed E-state index contributed by atoms with van der Waals surface area (Å²) in [6, 6.07) is 9.72. The molecule has 0 spiro atoms. The van der Waals surface area contributed by atoms with Gasteiger partial charge in [0.2, 0.25) is 10.0 Å². The highest BCUT2D eigenvalue weighted by molar-refractivity contribution is 7.89. The van der Waals surface area contributed by atoms with Gasteiger partial charge in [0.25, 0.3) is 0 Å². The number of hydrogen-bond donors (Lipinski definition) is 1. The molecule has 100 valence electrons. The smallest absolute Gasteiger partial charge is 0.215 e. The van der Waals surface area contributed by atoms with Crippen LogP contribution in [0.1, 0.15) is 24.9 Å². The Labute approximate surface area is 109 Å². The fraction of sp³-hybridized carbons (Fsp3) is 0.538. The topological polar surface area (TPSA) is 49.4 Å². The van der Waals surface area contributed by atoms with Gasteiger partial charge in [0.1, 0.15) is 0 Å². The molecule has 0 saturated carbocycles. The van der Waals surface area contributed by atoms with Crippen LogP contribution in [0.2, 0.25) is 0 Å². The molecule has 1 N–H and O–H groups in total. The number of rotatable bonds is 2. The van der Waals surface area contributed by atoms with Crippen LogP contribution >= 0.6 is 0 Å². The quantitative estimate of drug-likeness (QED) is 0.881. The van der Waals surface area contributed by atoms with E-state index < -0.39 is 10.0 Å². The van der Waals surface area contributed by atoms with Crippen molar-refractivity contribution in [1.82, 2.24) is 9.62 Å². The molecule has 1 fully saturated rings. The first-order chi connectivity index (χ1) is 8.61. The zero-order chi connectivity index (χ0) is 13.0. The van der Waals surface area contributed by atoms with E-state index in [-0.39, 0.29) is 11.8 Å². The number of benzene rings is 1. The molecular formula is C13H20N2O2S. The average molecular weight is 268 g/mol. The SMILES string of the molecule is CC(c1ccccc1)N1CCCNCCS1(=O)=O. The first-order valence-electron chi connectivity index (χ1n) is 6.36. The molecule has 2 rings (SSSR count). The molecule has 1 aliphatic rings. The lowest BCUT2D eigenvalue weighted by atomic mass is 10.1. The van der Waals surface area contributed by atoms with Gasteiger partial charge in [0.15, 0.2) is 0 Å². The molecule has 18 heavy (non-hydrogen) atoms. The van der Waals surface area contributed by atoms with Crippen LogP contribution in [-0.2, 0) is 10.0 Å². The maximum Gasteiger partial charge on any atom is 0.215 e.